The lowest BCUT2D eigenvalue weighted by molar-refractivity contribution is -0.135. The minimum Gasteiger partial charge on any atom is -0.480 e. The molecule has 0 aliphatic carbocycles. The first-order valence-corrected chi connectivity index (χ1v) is 7.08. The average Bonchev–Trinajstić information content (AvgIpc) is 2.86. The third-order valence-corrected chi connectivity index (χ3v) is 3.39. The first-order valence-electron chi connectivity index (χ1n) is 6.70. The van der Waals surface area contributed by atoms with Crippen molar-refractivity contribution in [2.24, 2.45) is 0 Å². The lowest BCUT2D eigenvalue weighted by Crippen LogP contribution is -2.30. The van der Waals surface area contributed by atoms with E-state index < -0.39 is 5.97 Å². The van der Waals surface area contributed by atoms with Crippen molar-refractivity contribution in [3.8, 4) is 0 Å². The van der Waals surface area contributed by atoms with Crippen LogP contribution in [0.4, 0.5) is 5.69 Å². The van der Waals surface area contributed by atoms with Gasteiger partial charge < -0.3 is 14.6 Å². The molecule has 1 aromatic carbocycles. The molecule has 0 fully saturated rings. The maximum absolute atomic E-state index is 11.1. The topological polar surface area (TPSA) is 58.4 Å². The van der Waals surface area contributed by atoms with Crippen molar-refractivity contribution in [2.75, 3.05) is 11.4 Å². The number of hydrogen-bond acceptors (Lipinski definition) is 3. The summed E-state index contributed by atoms with van der Waals surface area (Å²) in [4.78, 5) is 17.0. The van der Waals surface area contributed by atoms with Crippen LogP contribution in [0.25, 0.3) is 0 Å². The summed E-state index contributed by atoms with van der Waals surface area (Å²) in [6, 6.07) is 7.47. The second-order valence-electron chi connectivity index (χ2n) is 5.12. The molecule has 0 amide bonds. The number of halogens is 1. The molecular formula is C15H18ClN3O2. The molecular weight excluding hydrogens is 290 g/mol. The van der Waals surface area contributed by atoms with Crippen molar-refractivity contribution >= 4 is 23.3 Å². The van der Waals surface area contributed by atoms with Crippen LogP contribution in [0.5, 0.6) is 0 Å². The Hall–Kier alpha value is -2.01. The van der Waals surface area contributed by atoms with E-state index in [1.165, 1.54) is 0 Å². The van der Waals surface area contributed by atoms with E-state index in [-0.39, 0.29) is 12.6 Å². The van der Waals surface area contributed by atoms with Gasteiger partial charge in [-0.25, -0.2) is 4.98 Å². The molecule has 5 nitrogen and oxygen atoms in total. The van der Waals surface area contributed by atoms with Gasteiger partial charge in [0.25, 0.3) is 0 Å². The molecule has 0 radical (unpaired) electrons. The van der Waals surface area contributed by atoms with Crippen molar-refractivity contribution < 1.29 is 9.90 Å². The van der Waals surface area contributed by atoms with Gasteiger partial charge in [-0.2, -0.15) is 0 Å². The summed E-state index contributed by atoms with van der Waals surface area (Å²) in [5.41, 5.74) is 1.74. The molecule has 0 aliphatic rings. The molecule has 0 saturated heterocycles. The van der Waals surface area contributed by atoms with E-state index in [1.807, 2.05) is 16.7 Å². The summed E-state index contributed by atoms with van der Waals surface area (Å²) >= 11 is 6.00. The molecule has 112 valence electrons. The van der Waals surface area contributed by atoms with Gasteiger partial charge in [-0.15, -0.1) is 0 Å². The number of imidazole rings is 1. The molecule has 0 unspecified atom stereocenters. The Balaban J connectivity index is 2.28. The van der Waals surface area contributed by atoms with Crippen LogP contribution in [0, 0.1) is 0 Å². The van der Waals surface area contributed by atoms with Crippen LogP contribution >= 0.6 is 11.6 Å². The fourth-order valence-corrected chi connectivity index (χ4v) is 2.37. The van der Waals surface area contributed by atoms with Crippen LogP contribution in [0.2, 0.25) is 5.02 Å². The number of carbonyl (C=O) groups is 1. The molecule has 2 rings (SSSR count). The third kappa shape index (κ3) is 3.98. The molecule has 1 aromatic heterocycles. The molecule has 2 aromatic rings. The lowest BCUT2D eigenvalue weighted by atomic mass is 10.2. The van der Waals surface area contributed by atoms with Crippen molar-refractivity contribution in [3.63, 3.8) is 0 Å². The van der Waals surface area contributed by atoms with Crippen LogP contribution in [-0.4, -0.2) is 27.2 Å². The zero-order valence-electron chi connectivity index (χ0n) is 12.0. The second kappa shape index (κ2) is 6.63. The number of hydrogen-bond donors (Lipinski definition) is 1. The van der Waals surface area contributed by atoms with E-state index in [4.69, 9.17) is 16.7 Å². The molecule has 0 aliphatic heterocycles. The largest absolute Gasteiger partial charge is 0.480 e. The van der Waals surface area contributed by atoms with Crippen molar-refractivity contribution in [2.45, 2.75) is 26.4 Å². The van der Waals surface area contributed by atoms with Crippen molar-refractivity contribution in [1.29, 1.82) is 0 Å². The SMILES string of the molecule is CC(C)n1cncc1CN(CC(=O)O)c1cccc(Cl)c1. The monoisotopic (exact) mass is 307 g/mol. The fourth-order valence-electron chi connectivity index (χ4n) is 2.19. The van der Waals surface area contributed by atoms with Gasteiger partial charge in [0.15, 0.2) is 0 Å². The highest BCUT2D eigenvalue weighted by molar-refractivity contribution is 6.30. The molecule has 0 saturated carbocycles. The molecule has 1 N–H and O–H groups in total. The molecule has 0 atom stereocenters. The van der Waals surface area contributed by atoms with Crippen LogP contribution in [0.1, 0.15) is 25.6 Å². The summed E-state index contributed by atoms with van der Waals surface area (Å²) < 4.78 is 2.03. The summed E-state index contributed by atoms with van der Waals surface area (Å²) in [5.74, 6) is -0.884. The number of nitrogens with zero attached hydrogens (tertiary/aromatic N) is 3. The van der Waals surface area contributed by atoms with Gasteiger partial charge >= 0.3 is 5.97 Å². The standard InChI is InChI=1S/C15H18ClN3O2/c1-11(2)19-10-17-7-14(19)8-18(9-15(20)21)13-5-3-4-12(16)6-13/h3-7,10-11H,8-9H2,1-2H3,(H,20,21). The van der Waals surface area contributed by atoms with Gasteiger partial charge in [-0.3, -0.25) is 4.79 Å². The Labute approximate surface area is 128 Å². The molecule has 1 heterocycles. The fraction of sp³-hybridized carbons (Fsp3) is 0.333. The minimum absolute atomic E-state index is 0.0936. The maximum atomic E-state index is 11.1. The number of carboxylic acid groups (broad SMARTS) is 1. The summed E-state index contributed by atoms with van der Waals surface area (Å²) in [5, 5.41) is 9.71. The Bertz CT molecular complexity index is 625. The van der Waals surface area contributed by atoms with Gasteiger partial charge in [-0.05, 0) is 32.0 Å². The predicted octanol–water partition coefficient (Wildman–Crippen LogP) is 3.21. The van der Waals surface area contributed by atoms with E-state index in [0.717, 1.165) is 11.4 Å². The first kappa shape index (κ1) is 15.4. The van der Waals surface area contributed by atoms with E-state index >= 15 is 0 Å². The van der Waals surface area contributed by atoms with Gasteiger partial charge in [0.05, 0.1) is 18.6 Å². The molecule has 21 heavy (non-hydrogen) atoms. The summed E-state index contributed by atoms with van der Waals surface area (Å²) in [6.45, 7) is 4.49. The summed E-state index contributed by atoms with van der Waals surface area (Å²) in [7, 11) is 0. The Morgan fingerprint density at radius 3 is 2.86 bits per heavy atom. The number of benzene rings is 1. The Morgan fingerprint density at radius 2 is 2.24 bits per heavy atom. The Morgan fingerprint density at radius 1 is 1.48 bits per heavy atom. The smallest absolute Gasteiger partial charge is 0.323 e. The maximum Gasteiger partial charge on any atom is 0.323 e. The zero-order valence-corrected chi connectivity index (χ0v) is 12.8. The van der Waals surface area contributed by atoms with E-state index in [2.05, 4.69) is 18.8 Å². The minimum atomic E-state index is -0.884. The van der Waals surface area contributed by atoms with Crippen LogP contribution < -0.4 is 4.90 Å². The van der Waals surface area contributed by atoms with E-state index in [0.29, 0.717) is 11.6 Å². The second-order valence-corrected chi connectivity index (χ2v) is 5.55. The third-order valence-electron chi connectivity index (χ3n) is 3.15. The van der Waals surface area contributed by atoms with Crippen LogP contribution in [0.3, 0.4) is 0 Å². The highest BCUT2D eigenvalue weighted by Crippen LogP contribution is 2.22. The number of anilines is 1. The van der Waals surface area contributed by atoms with Gasteiger partial charge in [0.2, 0.25) is 0 Å². The molecule has 0 spiro atoms. The highest BCUT2D eigenvalue weighted by Gasteiger charge is 2.15. The van der Waals surface area contributed by atoms with E-state index in [1.54, 1.807) is 29.6 Å². The number of aromatic nitrogens is 2. The van der Waals surface area contributed by atoms with Crippen LogP contribution in [0.15, 0.2) is 36.8 Å². The number of rotatable bonds is 6. The van der Waals surface area contributed by atoms with Gasteiger partial charge in [0, 0.05) is 22.9 Å². The number of carboxylic acids is 1. The van der Waals surface area contributed by atoms with Crippen molar-refractivity contribution in [3.05, 3.63) is 47.5 Å². The van der Waals surface area contributed by atoms with Crippen molar-refractivity contribution in [1.82, 2.24) is 9.55 Å². The lowest BCUT2D eigenvalue weighted by Gasteiger charge is -2.24. The van der Waals surface area contributed by atoms with Gasteiger partial charge in [-0.1, -0.05) is 17.7 Å². The zero-order chi connectivity index (χ0) is 15.4. The average molecular weight is 308 g/mol. The van der Waals surface area contributed by atoms with E-state index in [9.17, 15) is 4.79 Å². The molecule has 0 bridgehead atoms. The molecule has 6 heteroatoms. The number of aliphatic carboxylic acids is 1. The summed E-state index contributed by atoms with van der Waals surface area (Å²) in [6.07, 6.45) is 3.52. The quantitative estimate of drug-likeness (QED) is 0.890. The first-order chi connectivity index (χ1) is 9.97. The normalized spacial score (nSPS) is 10.9. The highest BCUT2D eigenvalue weighted by atomic mass is 35.5. The van der Waals surface area contributed by atoms with Crippen LogP contribution in [-0.2, 0) is 11.3 Å². The Kier molecular flexibility index (Phi) is 4.85. The van der Waals surface area contributed by atoms with Gasteiger partial charge in [0.1, 0.15) is 6.54 Å². The predicted molar refractivity (Wildman–Crippen MR) is 82.7 cm³/mol.